The molecule has 1 atom stereocenters. The Balaban J connectivity index is 2.15. The first-order chi connectivity index (χ1) is 11.6. The molecule has 0 saturated heterocycles. The molecule has 2 aromatic carbocycles. The normalized spacial score (nSPS) is 12.0. The van der Waals surface area contributed by atoms with Gasteiger partial charge in [0.1, 0.15) is 5.75 Å². The van der Waals surface area contributed by atoms with Gasteiger partial charge < -0.3 is 15.4 Å². The first-order valence-corrected chi connectivity index (χ1v) is 8.81. The quantitative estimate of drug-likeness (QED) is 0.792. The Morgan fingerprint density at radius 1 is 1.04 bits per heavy atom. The monoisotopic (exact) mass is 326 g/mol. The van der Waals surface area contributed by atoms with E-state index in [1.54, 1.807) is 7.11 Å². The highest BCUT2D eigenvalue weighted by atomic mass is 16.5. The van der Waals surface area contributed by atoms with Gasteiger partial charge in [-0.1, -0.05) is 18.2 Å². The first-order valence-electron chi connectivity index (χ1n) is 8.81. The van der Waals surface area contributed by atoms with Crippen LogP contribution < -0.4 is 15.4 Å². The fourth-order valence-corrected chi connectivity index (χ4v) is 3.27. The minimum Gasteiger partial charge on any atom is -0.497 e. The van der Waals surface area contributed by atoms with Gasteiger partial charge in [-0.05, 0) is 74.7 Å². The van der Waals surface area contributed by atoms with E-state index in [0.717, 1.165) is 25.3 Å². The van der Waals surface area contributed by atoms with E-state index < -0.39 is 0 Å². The average molecular weight is 326 g/mol. The van der Waals surface area contributed by atoms with Gasteiger partial charge in [-0.15, -0.1) is 0 Å². The third-order valence-electron chi connectivity index (χ3n) is 4.75. The lowest BCUT2D eigenvalue weighted by Crippen LogP contribution is -2.21. The van der Waals surface area contributed by atoms with Crippen LogP contribution in [0.2, 0.25) is 0 Å². The number of ether oxygens (including phenoxy) is 1. The number of rotatable bonds is 8. The molecule has 0 fully saturated rings. The van der Waals surface area contributed by atoms with E-state index in [1.807, 2.05) is 6.07 Å². The van der Waals surface area contributed by atoms with Crippen LogP contribution in [0.25, 0.3) is 0 Å². The van der Waals surface area contributed by atoms with Gasteiger partial charge in [0.2, 0.25) is 0 Å². The van der Waals surface area contributed by atoms with E-state index in [9.17, 15) is 0 Å². The zero-order valence-electron chi connectivity index (χ0n) is 15.4. The van der Waals surface area contributed by atoms with Gasteiger partial charge in [0, 0.05) is 24.7 Å². The molecule has 1 unspecified atom stereocenters. The second-order valence-corrected chi connectivity index (χ2v) is 6.20. The molecule has 0 aliphatic rings. The molecule has 2 rings (SSSR count). The lowest BCUT2D eigenvalue weighted by Gasteiger charge is -2.22. The third kappa shape index (κ3) is 4.30. The molecule has 2 aromatic rings. The smallest absolute Gasteiger partial charge is 0.119 e. The van der Waals surface area contributed by atoms with Crippen molar-refractivity contribution in [3.05, 3.63) is 59.2 Å². The molecule has 3 heteroatoms. The Bertz CT molecular complexity index is 633. The van der Waals surface area contributed by atoms with E-state index >= 15 is 0 Å². The molecule has 130 valence electrons. The van der Waals surface area contributed by atoms with Gasteiger partial charge in [0.25, 0.3) is 0 Å². The largest absolute Gasteiger partial charge is 0.497 e. The number of nitrogens with two attached hydrogens (primary N) is 1. The molecule has 24 heavy (non-hydrogen) atoms. The maximum absolute atomic E-state index is 6.07. The molecule has 0 amide bonds. The molecule has 0 aliphatic carbocycles. The SMILES string of the molecule is CCN(CC)c1ccc(CC(CN)c2ccc(OC)cc2C)cc1. The zero-order chi connectivity index (χ0) is 17.5. The van der Waals surface area contributed by atoms with Crippen LogP contribution in [0, 0.1) is 6.92 Å². The van der Waals surface area contributed by atoms with Crippen molar-refractivity contribution < 1.29 is 4.74 Å². The summed E-state index contributed by atoms with van der Waals surface area (Å²) in [6, 6.07) is 15.2. The molecule has 0 heterocycles. The molecule has 3 nitrogen and oxygen atoms in total. The molecule has 2 N–H and O–H groups in total. The maximum atomic E-state index is 6.07. The topological polar surface area (TPSA) is 38.5 Å². The van der Waals surface area contributed by atoms with E-state index in [0.29, 0.717) is 12.5 Å². The van der Waals surface area contributed by atoms with Crippen LogP contribution in [0.5, 0.6) is 5.75 Å². The fraction of sp³-hybridized carbons (Fsp3) is 0.429. The Morgan fingerprint density at radius 2 is 1.71 bits per heavy atom. The van der Waals surface area contributed by atoms with Crippen LogP contribution in [0.1, 0.15) is 36.5 Å². The number of benzene rings is 2. The average Bonchev–Trinajstić information content (AvgIpc) is 2.62. The van der Waals surface area contributed by atoms with Crippen molar-refractivity contribution in [3.8, 4) is 5.75 Å². The summed E-state index contributed by atoms with van der Waals surface area (Å²) < 4.78 is 5.30. The van der Waals surface area contributed by atoms with Crippen molar-refractivity contribution in [2.45, 2.75) is 33.1 Å². The van der Waals surface area contributed by atoms with Gasteiger partial charge in [-0.3, -0.25) is 0 Å². The number of anilines is 1. The van der Waals surface area contributed by atoms with Crippen LogP contribution in [0.4, 0.5) is 5.69 Å². The van der Waals surface area contributed by atoms with Crippen molar-refractivity contribution in [3.63, 3.8) is 0 Å². The summed E-state index contributed by atoms with van der Waals surface area (Å²) in [6.07, 6.45) is 0.961. The van der Waals surface area contributed by atoms with Crippen LogP contribution in [-0.4, -0.2) is 26.7 Å². The summed E-state index contributed by atoms with van der Waals surface area (Å²) >= 11 is 0. The van der Waals surface area contributed by atoms with Crippen LogP contribution in [-0.2, 0) is 6.42 Å². The lowest BCUT2D eigenvalue weighted by atomic mass is 9.89. The molecule has 0 spiro atoms. The van der Waals surface area contributed by atoms with Crippen molar-refractivity contribution in [1.29, 1.82) is 0 Å². The van der Waals surface area contributed by atoms with Gasteiger partial charge in [-0.25, -0.2) is 0 Å². The summed E-state index contributed by atoms with van der Waals surface area (Å²) in [7, 11) is 1.70. The molecule has 0 radical (unpaired) electrons. The minimum absolute atomic E-state index is 0.329. The third-order valence-corrected chi connectivity index (χ3v) is 4.75. The van der Waals surface area contributed by atoms with Gasteiger partial charge >= 0.3 is 0 Å². The summed E-state index contributed by atoms with van der Waals surface area (Å²) in [5.74, 6) is 1.23. The highest BCUT2D eigenvalue weighted by molar-refractivity contribution is 5.48. The lowest BCUT2D eigenvalue weighted by molar-refractivity contribution is 0.414. The standard InChI is InChI=1S/C21H30N2O/c1-5-23(6-2)19-9-7-17(8-10-19)14-18(15-22)21-12-11-20(24-4)13-16(21)3/h7-13,18H,5-6,14-15,22H2,1-4H3. The predicted octanol–water partition coefficient (Wildman–Crippen LogP) is 4.13. The van der Waals surface area contributed by atoms with Crippen LogP contribution in [0.3, 0.4) is 0 Å². The summed E-state index contributed by atoms with van der Waals surface area (Å²) in [5.41, 5.74) is 11.2. The molecule has 0 saturated carbocycles. The number of aryl methyl sites for hydroxylation is 1. The predicted molar refractivity (Wildman–Crippen MR) is 103 cm³/mol. The Kier molecular flexibility index (Phi) is 6.68. The van der Waals surface area contributed by atoms with Crippen LogP contribution >= 0.6 is 0 Å². The molecular formula is C21H30N2O. The Morgan fingerprint density at radius 3 is 2.21 bits per heavy atom. The number of hydrogen-bond acceptors (Lipinski definition) is 3. The summed E-state index contributed by atoms with van der Waals surface area (Å²) in [5, 5.41) is 0. The number of methoxy groups -OCH3 is 1. The molecular weight excluding hydrogens is 296 g/mol. The Labute approximate surface area is 146 Å². The molecule has 0 aliphatic heterocycles. The highest BCUT2D eigenvalue weighted by Crippen LogP contribution is 2.27. The van der Waals surface area contributed by atoms with Crippen LogP contribution in [0.15, 0.2) is 42.5 Å². The minimum atomic E-state index is 0.329. The van der Waals surface area contributed by atoms with Gasteiger partial charge in [0.05, 0.1) is 7.11 Å². The van der Waals surface area contributed by atoms with E-state index in [1.165, 1.54) is 22.4 Å². The van der Waals surface area contributed by atoms with Crippen molar-refractivity contribution in [2.75, 3.05) is 31.6 Å². The molecule has 0 bridgehead atoms. The summed E-state index contributed by atoms with van der Waals surface area (Å²) in [6.45, 7) is 9.22. The van der Waals surface area contributed by atoms with Gasteiger partial charge in [-0.2, -0.15) is 0 Å². The van der Waals surface area contributed by atoms with Crippen molar-refractivity contribution in [1.82, 2.24) is 0 Å². The second-order valence-electron chi connectivity index (χ2n) is 6.20. The second kappa shape index (κ2) is 8.74. The van der Waals surface area contributed by atoms with Crippen molar-refractivity contribution in [2.24, 2.45) is 5.73 Å². The first kappa shape index (κ1) is 18.3. The number of nitrogens with zero attached hydrogens (tertiary/aromatic N) is 1. The van der Waals surface area contributed by atoms with Gasteiger partial charge in [0.15, 0.2) is 0 Å². The number of hydrogen-bond donors (Lipinski definition) is 1. The van der Waals surface area contributed by atoms with E-state index in [2.05, 4.69) is 62.1 Å². The highest BCUT2D eigenvalue weighted by Gasteiger charge is 2.14. The molecule has 0 aromatic heterocycles. The fourth-order valence-electron chi connectivity index (χ4n) is 3.27. The van der Waals surface area contributed by atoms with E-state index in [4.69, 9.17) is 10.5 Å². The zero-order valence-corrected chi connectivity index (χ0v) is 15.4. The Hall–Kier alpha value is -2.00. The maximum Gasteiger partial charge on any atom is 0.119 e. The van der Waals surface area contributed by atoms with Crippen molar-refractivity contribution >= 4 is 5.69 Å². The summed E-state index contributed by atoms with van der Waals surface area (Å²) in [4.78, 5) is 2.36. The van der Waals surface area contributed by atoms with E-state index in [-0.39, 0.29) is 0 Å².